The predicted octanol–water partition coefficient (Wildman–Crippen LogP) is 13.1. The molecule has 236 valence electrons. The number of anilines is 3. The molecule has 8 aromatic carbocycles. The number of fused-ring (bicyclic) bond motifs is 8. The van der Waals surface area contributed by atoms with Crippen molar-refractivity contribution < 1.29 is 8.83 Å². The van der Waals surface area contributed by atoms with Gasteiger partial charge in [0.1, 0.15) is 16.7 Å². The van der Waals surface area contributed by atoms with Gasteiger partial charge in [-0.3, -0.25) is 0 Å². The van der Waals surface area contributed by atoms with Crippen LogP contribution in [0.5, 0.6) is 0 Å². The van der Waals surface area contributed by atoms with Crippen LogP contribution in [0.2, 0.25) is 0 Å². The van der Waals surface area contributed by atoms with Gasteiger partial charge in [-0.15, -0.1) is 0 Å². The van der Waals surface area contributed by atoms with Crippen LogP contribution in [0.3, 0.4) is 0 Å². The monoisotopic (exact) mass is 642 g/mol. The summed E-state index contributed by atoms with van der Waals surface area (Å²) in [6.45, 7) is 2.17. The molecule has 50 heavy (non-hydrogen) atoms. The fraction of sp³-hybridized carbons (Fsp3) is 0.0217. The average molecular weight is 643 g/mol. The summed E-state index contributed by atoms with van der Waals surface area (Å²) >= 11 is 0. The van der Waals surface area contributed by atoms with Gasteiger partial charge >= 0.3 is 0 Å². The van der Waals surface area contributed by atoms with Crippen molar-refractivity contribution in [3.8, 4) is 22.6 Å². The molecular weight excluding hydrogens is 613 g/mol. The first-order valence-electron chi connectivity index (χ1n) is 16.9. The highest BCUT2D eigenvalue weighted by Crippen LogP contribution is 2.42. The highest BCUT2D eigenvalue weighted by Gasteiger charge is 2.18. The first kappa shape index (κ1) is 28.4. The first-order chi connectivity index (χ1) is 24.7. The Morgan fingerprint density at radius 2 is 1.18 bits per heavy atom. The SMILES string of the molecule is Cc1ccccc1N(c1ccc(-c2ccc3c(c2)oc2ccccc23)cc1)c1ccc2ccc3ccc4nc(-c5ccccc5)oc4c3c2c1. The summed E-state index contributed by atoms with van der Waals surface area (Å²) in [7, 11) is 0. The summed E-state index contributed by atoms with van der Waals surface area (Å²) < 4.78 is 12.7. The number of hydrogen-bond acceptors (Lipinski definition) is 4. The van der Waals surface area contributed by atoms with Gasteiger partial charge in [0.2, 0.25) is 5.89 Å². The van der Waals surface area contributed by atoms with Gasteiger partial charge in [0.25, 0.3) is 0 Å². The molecule has 0 bridgehead atoms. The summed E-state index contributed by atoms with van der Waals surface area (Å²) in [6.07, 6.45) is 0. The molecule has 0 fully saturated rings. The van der Waals surface area contributed by atoms with E-state index in [0.29, 0.717) is 5.89 Å². The number of aryl methyl sites for hydroxylation is 1. The van der Waals surface area contributed by atoms with Crippen molar-refractivity contribution in [1.29, 1.82) is 0 Å². The smallest absolute Gasteiger partial charge is 0.227 e. The average Bonchev–Trinajstić information content (AvgIpc) is 3.78. The van der Waals surface area contributed by atoms with Gasteiger partial charge in [0.15, 0.2) is 5.58 Å². The molecule has 0 atom stereocenters. The van der Waals surface area contributed by atoms with Gasteiger partial charge in [0, 0.05) is 38.8 Å². The molecular formula is C46H30N2O2. The number of nitrogens with zero attached hydrogens (tertiary/aromatic N) is 2. The molecule has 0 radical (unpaired) electrons. The van der Waals surface area contributed by atoms with E-state index in [0.717, 1.165) is 88.3 Å². The lowest BCUT2D eigenvalue weighted by Crippen LogP contribution is -2.11. The Balaban J connectivity index is 1.11. The fourth-order valence-electron chi connectivity index (χ4n) is 7.30. The van der Waals surface area contributed by atoms with Gasteiger partial charge in [-0.25, -0.2) is 4.98 Å². The number of furan rings is 1. The summed E-state index contributed by atoms with van der Waals surface area (Å²) in [5, 5.41) is 6.73. The Hall–Kier alpha value is -6.65. The van der Waals surface area contributed by atoms with Crippen LogP contribution in [0.25, 0.3) is 77.2 Å². The lowest BCUT2D eigenvalue weighted by Gasteiger charge is -2.27. The van der Waals surface area contributed by atoms with Gasteiger partial charge in [-0.05, 0) is 107 Å². The minimum absolute atomic E-state index is 0.627. The van der Waals surface area contributed by atoms with E-state index >= 15 is 0 Å². The number of benzene rings is 8. The molecule has 0 aliphatic heterocycles. The summed E-state index contributed by atoms with van der Waals surface area (Å²) in [5.41, 5.74) is 11.1. The van der Waals surface area contributed by atoms with E-state index in [9.17, 15) is 0 Å². The van der Waals surface area contributed by atoms with E-state index < -0.39 is 0 Å². The molecule has 0 N–H and O–H groups in total. The van der Waals surface area contributed by atoms with Crippen molar-refractivity contribution in [2.45, 2.75) is 6.92 Å². The Kier molecular flexibility index (Phi) is 6.36. The molecule has 4 nitrogen and oxygen atoms in total. The second kappa shape index (κ2) is 11.2. The number of hydrogen-bond donors (Lipinski definition) is 0. The molecule has 0 saturated carbocycles. The summed E-state index contributed by atoms with van der Waals surface area (Å²) in [6, 6.07) is 57.4. The molecule has 10 aromatic rings. The highest BCUT2D eigenvalue weighted by atomic mass is 16.3. The van der Waals surface area contributed by atoms with Crippen LogP contribution in [0.15, 0.2) is 173 Å². The van der Waals surface area contributed by atoms with E-state index in [1.54, 1.807) is 0 Å². The van der Waals surface area contributed by atoms with Crippen LogP contribution in [0, 0.1) is 6.92 Å². The molecule has 2 heterocycles. The Bertz CT molecular complexity index is 2880. The zero-order valence-electron chi connectivity index (χ0n) is 27.3. The maximum Gasteiger partial charge on any atom is 0.227 e. The lowest BCUT2D eigenvalue weighted by atomic mass is 9.99. The minimum Gasteiger partial charge on any atom is -0.456 e. The number of rotatable bonds is 5. The largest absolute Gasteiger partial charge is 0.456 e. The van der Waals surface area contributed by atoms with Crippen molar-refractivity contribution >= 4 is 71.6 Å². The first-order valence-corrected chi connectivity index (χ1v) is 16.9. The molecule has 10 rings (SSSR count). The van der Waals surface area contributed by atoms with Crippen LogP contribution >= 0.6 is 0 Å². The maximum absolute atomic E-state index is 6.53. The van der Waals surface area contributed by atoms with E-state index in [-0.39, 0.29) is 0 Å². The number of oxazole rings is 1. The summed E-state index contributed by atoms with van der Waals surface area (Å²) in [5.74, 6) is 0.627. The van der Waals surface area contributed by atoms with Crippen molar-refractivity contribution in [2.75, 3.05) is 4.90 Å². The standard InChI is InChI=1S/C46H30N2O2/c1-29-9-5-7-13-41(29)48(35-22-17-30(18-23-35)34-20-25-38-37-12-6-8-14-42(37)49-43(38)27-34)36-24-19-31-15-16-32-21-26-40-45(44(32)39(31)28-36)50-46(47-40)33-10-3-2-4-11-33/h2-28H,1H3. The normalized spacial score (nSPS) is 11.7. The predicted molar refractivity (Wildman–Crippen MR) is 207 cm³/mol. The maximum atomic E-state index is 6.53. The van der Waals surface area contributed by atoms with Gasteiger partial charge in [0.05, 0.1) is 0 Å². The second-order valence-electron chi connectivity index (χ2n) is 12.8. The summed E-state index contributed by atoms with van der Waals surface area (Å²) in [4.78, 5) is 7.23. The fourth-order valence-corrected chi connectivity index (χ4v) is 7.30. The molecule has 0 saturated heterocycles. The third kappa shape index (κ3) is 4.57. The van der Waals surface area contributed by atoms with Crippen LogP contribution in [0.1, 0.15) is 5.56 Å². The molecule has 0 aliphatic carbocycles. The van der Waals surface area contributed by atoms with Gasteiger partial charge in [-0.2, -0.15) is 0 Å². The molecule has 0 amide bonds. The van der Waals surface area contributed by atoms with E-state index in [1.807, 2.05) is 42.5 Å². The number of para-hydroxylation sites is 2. The van der Waals surface area contributed by atoms with Gasteiger partial charge < -0.3 is 13.7 Å². The third-order valence-corrected chi connectivity index (χ3v) is 9.81. The topological polar surface area (TPSA) is 42.4 Å². The quantitative estimate of drug-likeness (QED) is 0.175. The van der Waals surface area contributed by atoms with Crippen LogP contribution in [-0.4, -0.2) is 4.98 Å². The zero-order valence-corrected chi connectivity index (χ0v) is 27.3. The van der Waals surface area contributed by atoms with Crippen LogP contribution in [0.4, 0.5) is 17.1 Å². The van der Waals surface area contributed by atoms with E-state index in [1.165, 1.54) is 5.56 Å². The van der Waals surface area contributed by atoms with Crippen molar-refractivity contribution in [3.05, 3.63) is 169 Å². The molecule has 0 unspecified atom stereocenters. The van der Waals surface area contributed by atoms with Crippen LogP contribution in [-0.2, 0) is 0 Å². The van der Waals surface area contributed by atoms with E-state index in [2.05, 4.69) is 133 Å². The Morgan fingerprint density at radius 1 is 0.480 bits per heavy atom. The lowest BCUT2D eigenvalue weighted by molar-refractivity contribution is 0.623. The highest BCUT2D eigenvalue weighted by molar-refractivity contribution is 6.18. The molecule has 4 heteroatoms. The van der Waals surface area contributed by atoms with Gasteiger partial charge in [-0.1, -0.05) is 97.1 Å². The minimum atomic E-state index is 0.627. The van der Waals surface area contributed by atoms with Crippen LogP contribution < -0.4 is 4.90 Å². The van der Waals surface area contributed by atoms with Crippen molar-refractivity contribution in [3.63, 3.8) is 0 Å². The molecule has 0 aliphatic rings. The number of aromatic nitrogens is 1. The van der Waals surface area contributed by atoms with E-state index in [4.69, 9.17) is 13.8 Å². The zero-order chi connectivity index (χ0) is 33.2. The van der Waals surface area contributed by atoms with Crippen molar-refractivity contribution in [2.24, 2.45) is 0 Å². The second-order valence-corrected chi connectivity index (χ2v) is 12.8. The molecule has 0 spiro atoms. The van der Waals surface area contributed by atoms with Crippen molar-refractivity contribution in [1.82, 2.24) is 4.98 Å². The Labute approximate surface area is 288 Å². The molecule has 2 aromatic heterocycles. The third-order valence-electron chi connectivity index (χ3n) is 9.81. The Morgan fingerprint density at radius 3 is 2.06 bits per heavy atom.